The molecule has 0 aromatic carbocycles. The number of aliphatic carboxylic acids is 2. The first kappa shape index (κ1) is 34.3. The van der Waals surface area contributed by atoms with E-state index in [1.54, 1.807) is 12.1 Å². The average molecular weight is 605 g/mol. The highest BCUT2D eigenvalue weighted by Crippen LogP contribution is 2.23. The Kier molecular flexibility index (Phi) is 14.3. The number of nitrogens with two attached hydrogens (primary N) is 1. The fourth-order valence-electron chi connectivity index (χ4n) is 3.60. The number of nitrogens with zero attached hydrogens (tertiary/aromatic N) is 1. The van der Waals surface area contributed by atoms with Crippen molar-refractivity contribution in [3.8, 4) is 0 Å². The summed E-state index contributed by atoms with van der Waals surface area (Å²) in [5.41, 5.74) is 6.72. The zero-order valence-electron chi connectivity index (χ0n) is 22.0. The molecule has 1 aliphatic heterocycles. The van der Waals surface area contributed by atoms with Crippen molar-refractivity contribution in [2.45, 2.75) is 68.7 Å². The third kappa shape index (κ3) is 11.5. The topological polar surface area (TPSA) is 271 Å². The number of thioether (sulfide) groups is 1. The van der Waals surface area contributed by atoms with Gasteiger partial charge in [-0.25, -0.2) is 0 Å². The highest BCUT2D eigenvalue weighted by Gasteiger charge is 2.44. The normalized spacial score (nSPS) is 23.8. The van der Waals surface area contributed by atoms with E-state index in [2.05, 4.69) is 15.6 Å². The van der Waals surface area contributed by atoms with Crippen molar-refractivity contribution >= 4 is 35.5 Å². The van der Waals surface area contributed by atoms with Gasteiger partial charge in [-0.15, -0.1) is 0 Å². The number of aryl methyl sites for hydroxylation is 1. The van der Waals surface area contributed by atoms with E-state index in [1.165, 1.54) is 18.0 Å². The number of pyridine rings is 1. The highest BCUT2D eigenvalue weighted by atomic mass is 32.2. The van der Waals surface area contributed by atoms with Crippen LogP contribution in [-0.2, 0) is 41.7 Å². The predicted octanol–water partition coefficient (Wildman–Crippen LogP) is -3.45. The Labute approximate surface area is 239 Å². The van der Waals surface area contributed by atoms with Gasteiger partial charge in [-0.1, -0.05) is 6.07 Å². The number of rotatable bonds is 17. The Balaban J connectivity index is 1.82. The van der Waals surface area contributed by atoms with Crippen LogP contribution in [0.2, 0.25) is 0 Å². The fraction of sp³-hybridized carbons (Fsp3) is 0.625. The second kappa shape index (κ2) is 17.1. The molecule has 0 bridgehead atoms. The lowest BCUT2D eigenvalue weighted by Gasteiger charge is -2.39. The molecule has 2 amide bonds. The minimum absolute atomic E-state index is 0.0328. The van der Waals surface area contributed by atoms with E-state index in [9.17, 15) is 39.6 Å². The lowest BCUT2D eigenvalue weighted by atomic mass is 9.99. The van der Waals surface area contributed by atoms with Crippen LogP contribution >= 0.6 is 11.8 Å². The van der Waals surface area contributed by atoms with Gasteiger partial charge >= 0.3 is 11.9 Å². The Hall–Kier alpha value is -2.90. The largest absolute Gasteiger partial charge is 0.480 e. The molecule has 2 rings (SSSR count). The van der Waals surface area contributed by atoms with Gasteiger partial charge in [0.1, 0.15) is 43.0 Å². The van der Waals surface area contributed by atoms with Crippen LogP contribution in [0.1, 0.15) is 24.1 Å². The first-order valence-electron chi connectivity index (χ1n) is 12.6. The molecule has 1 saturated heterocycles. The van der Waals surface area contributed by atoms with Crippen molar-refractivity contribution in [3.63, 3.8) is 0 Å². The molecule has 4 unspecified atom stereocenters. The third-order valence-corrected chi connectivity index (χ3v) is 7.06. The highest BCUT2D eigenvalue weighted by molar-refractivity contribution is 7.99. The smallest absolute Gasteiger partial charge is 0.322 e. The predicted molar refractivity (Wildman–Crippen MR) is 141 cm³/mol. The minimum Gasteiger partial charge on any atom is -0.480 e. The molecule has 1 aliphatic rings. The van der Waals surface area contributed by atoms with Crippen molar-refractivity contribution in [3.05, 3.63) is 29.6 Å². The number of amides is 2. The van der Waals surface area contributed by atoms with E-state index in [0.717, 1.165) is 0 Å². The Morgan fingerprint density at radius 1 is 1.12 bits per heavy atom. The maximum atomic E-state index is 12.4. The summed E-state index contributed by atoms with van der Waals surface area (Å²) in [6.07, 6.45) is -5.22. The lowest BCUT2D eigenvalue weighted by molar-refractivity contribution is -0.304. The summed E-state index contributed by atoms with van der Waals surface area (Å²) in [5.74, 6) is -3.19. The van der Waals surface area contributed by atoms with Crippen LogP contribution in [0.4, 0.5) is 0 Å². The molecule has 10 N–H and O–H groups in total. The number of carboxylic acids is 2. The van der Waals surface area contributed by atoms with Crippen molar-refractivity contribution in [2.24, 2.45) is 5.73 Å². The van der Waals surface area contributed by atoms with E-state index in [0.29, 0.717) is 23.4 Å². The van der Waals surface area contributed by atoms with Crippen LogP contribution in [-0.4, -0.2) is 127 Å². The summed E-state index contributed by atoms with van der Waals surface area (Å²) >= 11 is 1.31. The first-order valence-corrected chi connectivity index (χ1v) is 13.8. The van der Waals surface area contributed by atoms with Gasteiger partial charge in [0.2, 0.25) is 11.8 Å². The molecule has 41 heavy (non-hydrogen) atoms. The molecule has 1 aromatic heterocycles. The maximum absolute atomic E-state index is 12.4. The quantitative estimate of drug-likeness (QED) is 0.0782. The van der Waals surface area contributed by atoms with E-state index < -0.39 is 79.7 Å². The van der Waals surface area contributed by atoms with Gasteiger partial charge in [0, 0.05) is 24.1 Å². The zero-order chi connectivity index (χ0) is 30.5. The molecule has 16 nitrogen and oxygen atoms in total. The van der Waals surface area contributed by atoms with Crippen molar-refractivity contribution < 1.29 is 59.3 Å². The summed E-state index contributed by atoms with van der Waals surface area (Å²) in [4.78, 5) is 50.5. The number of carboxylic acid groups (broad SMARTS) is 2. The summed E-state index contributed by atoms with van der Waals surface area (Å²) in [5, 5.41) is 61.3. The van der Waals surface area contributed by atoms with Crippen LogP contribution in [0.3, 0.4) is 0 Å². The maximum Gasteiger partial charge on any atom is 0.322 e. The van der Waals surface area contributed by atoms with Crippen LogP contribution < -0.4 is 16.4 Å². The summed E-state index contributed by atoms with van der Waals surface area (Å²) in [6, 6.07) is 1.17. The second-order valence-electron chi connectivity index (χ2n) is 9.21. The van der Waals surface area contributed by atoms with E-state index in [1.807, 2.05) is 0 Å². The SMILES string of the molecule is NC(CCC(=O)NC(CSCCc1ccc(CO[C@H]2OC(CO)[C@H](O)[C@@H](O)C2O)cn1)C(=O)NCC(=O)O)C(=O)O. The van der Waals surface area contributed by atoms with Crippen LogP contribution in [0.25, 0.3) is 0 Å². The Morgan fingerprint density at radius 3 is 2.46 bits per heavy atom. The molecular formula is C24H36N4O12S. The number of ether oxygens (including phenoxy) is 2. The molecule has 1 aromatic rings. The average Bonchev–Trinajstić information content (AvgIpc) is 2.95. The van der Waals surface area contributed by atoms with Crippen molar-refractivity contribution in [1.82, 2.24) is 15.6 Å². The standard InChI is InChI=1S/C24H36N4O12S/c25-14(23(37)38)3-4-17(30)28-15(22(36)27-8-18(31)32)11-41-6-5-13-2-1-12(7-26-13)10-39-24-21(35)20(34)19(33)16(9-29)40-24/h1-2,7,14-16,19-21,24,29,33-35H,3-6,8-11,25H2,(H,27,36)(H,28,30)(H,31,32)(H,37,38)/t14?,15?,16?,19-,20+,21?,24-/m0/s1. The molecule has 2 heterocycles. The third-order valence-electron chi connectivity index (χ3n) is 6.00. The number of carbonyl (C=O) groups excluding carboxylic acids is 2. The van der Waals surface area contributed by atoms with Gasteiger partial charge in [0.25, 0.3) is 0 Å². The van der Waals surface area contributed by atoms with Gasteiger partial charge in [-0.05, 0) is 30.2 Å². The van der Waals surface area contributed by atoms with E-state index >= 15 is 0 Å². The number of hydrogen-bond donors (Lipinski definition) is 9. The van der Waals surface area contributed by atoms with Crippen LogP contribution in [0.5, 0.6) is 0 Å². The number of aliphatic hydroxyl groups excluding tert-OH is 4. The Bertz CT molecular complexity index is 1010. The minimum atomic E-state index is -1.55. The zero-order valence-corrected chi connectivity index (χ0v) is 22.8. The van der Waals surface area contributed by atoms with Gasteiger partial charge in [-0.3, -0.25) is 24.2 Å². The molecule has 230 valence electrons. The molecule has 0 spiro atoms. The van der Waals surface area contributed by atoms with E-state index in [-0.39, 0.29) is 25.2 Å². The number of carbonyl (C=O) groups is 4. The van der Waals surface area contributed by atoms with E-state index in [4.69, 9.17) is 25.4 Å². The number of aliphatic hydroxyl groups is 4. The number of aromatic nitrogens is 1. The Morgan fingerprint density at radius 2 is 1.85 bits per heavy atom. The lowest BCUT2D eigenvalue weighted by Crippen LogP contribution is -2.59. The molecule has 17 heteroatoms. The van der Waals surface area contributed by atoms with Gasteiger partial charge in [0.15, 0.2) is 6.29 Å². The number of nitrogens with one attached hydrogen (secondary N) is 2. The van der Waals surface area contributed by atoms with Gasteiger partial charge in [0.05, 0.1) is 13.2 Å². The van der Waals surface area contributed by atoms with Crippen molar-refractivity contribution in [2.75, 3.05) is 24.7 Å². The molecule has 0 saturated carbocycles. The monoisotopic (exact) mass is 604 g/mol. The van der Waals surface area contributed by atoms with Gasteiger partial charge < -0.3 is 56.5 Å². The first-order chi connectivity index (χ1) is 19.4. The molecule has 7 atom stereocenters. The van der Waals surface area contributed by atoms with Crippen molar-refractivity contribution in [1.29, 1.82) is 0 Å². The molecule has 0 aliphatic carbocycles. The summed E-state index contributed by atoms with van der Waals surface area (Å²) in [6.45, 7) is -1.23. The number of hydrogen-bond acceptors (Lipinski definition) is 13. The van der Waals surface area contributed by atoms with Gasteiger partial charge in [-0.2, -0.15) is 11.8 Å². The second-order valence-corrected chi connectivity index (χ2v) is 10.4. The molecular weight excluding hydrogens is 568 g/mol. The fourth-order valence-corrected chi connectivity index (χ4v) is 4.59. The molecule has 0 radical (unpaired) electrons. The van der Waals surface area contributed by atoms with Crippen LogP contribution in [0.15, 0.2) is 18.3 Å². The van der Waals surface area contributed by atoms with Crippen LogP contribution in [0, 0.1) is 0 Å². The summed E-state index contributed by atoms with van der Waals surface area (Å²) in [7, 11) is 0. The summed E-state index contributed by atoms with van der Waals surface area (Å²) < 4.78 is 10.8. The molecule has 1 fully saturated rings.